The van der Waals surface area contributed by atoms with Crippen molar-refractivity contribution in [2.24, 2.45) is 5.73 Å². The molecular formula is C26H36N2O8. The van der Waals surface area contributed by atoms with E-state index in [4.69, 9.17) is 34.2 Å². The van der Waals surface area contributed by atoms with Gasteiger partial charge in [0, 0.05) is 36.3 Å². The van der Waals surface area contributed by atoms with Crippen LogP contribution in [0, 0.1) is 0 Å². The van der Waals surface area contributed by atoms with Crippen molar-refractivity contribution in [2.75, 3.05) is 41.5 Å². The standard InChI is InChI=1S/C26H36N2O8/c1-25(2,17-11-19(31-5)15-20(12-17)32-6)35-23(29)28(10-9-27)24(30)36-26(3,4)18-13-21(33-7)16-22(14-18)34-8/h11-16H,9-10,27H2,1-8H3. The number of rotatable bonds is 10. The molecule has 0 atom stereocenters. The summed E-state index contributed by atoms with van der Waals surface area (Å²) in [6.45, 7) is 6.68. The fourth-order valence-electron chi connectivity index (χ4n) is 3.36. The van der Waals surface area contributed by atoms with E-state index in [0.717, 1.165) is 4.90 Å². The van der Waals surface area contributed by atoms with Crippen molar-refractivity contribution in [1.82, 2.24) is 4.90 Å². The van der Waals surface area contributed by atoms with Crippen LogP contribution in [0.3, 0.4) is 0 Å². The zero-order valence-electron chi connectivity index (χ0n) is 22.2. The van der Waals surface area contributed by atoms with Gasteiger partial charge >= 0.3 is 12.2 Å². The van der Waals surface area contributed by atoms with E-state index < -0.39 is 23.4 Å². The van der Waals surface area contributed by atoms with Gasteiger partial charge in [0.2, 0.25) is 0 Å². The predicted octanol–water partition coefficient (Wildman–Crippen LogP) is 4.43. The Balaban J connectivity index is 2.28. The van der Waals surface area contributed by atoms with Crippen LogP contribution < -0.4 is 24.7 Å². The van der Waals surface area contributed by atoms with Crippen LogP contribution in [-0.2, 0) is 20.7 Å². The number of amides is 2. The molecule has 2 aromatic carbocycles. The Morgan fingerprint density at radius 2 is 0.972 bits per heavy atom. The van der Waals surface area contributed by atoms with E-state index in [1.54, 1.807) is 64.1 Å². The molecule has 0 radical (unpaired) electrons. The Morgan fingerprint density at radius 3 is 1.22 bits per heavy atom. The zero-order valence-corrected chi connectivity index (χ0v) is 22.2. The van der Waals surface area contributed by atoms with Gasteiger partial charge in [-0.25, -0.2) is 14.5 Å². The van der Waals surface area contributed by atoms with Gasteiger partial charge in [0.15, 0.2) is 0 Å². The number of nitrogens with two attached hydrogens (primary N) is 1. The Hall–Kier alpha value is -3.66. The van der Waals surface area contributed by atoms with E-state index in [0.29, 0.717) is 34.1 Å². The molecule has 0 bridgehead atoms. The van der Waals surface area contributed by atoms with E-state index in [2.05, 4.69) is 0 Å². The lowest BCUT2D eigenvalue weighted by Gasteiger charge is -2.32. The topological polar surface area (TPSA) is 119 Å². The Morgan fingerprint density at radius 1 is 0.667 bits per heavy atom. The van der Waals surface area contributed by atoms with Crippen molar-refractivity contribution < 1.29 is 38.0 Å². The molecule has 10 heteroatoms. The van der Waals surface area contributed by atoms with Crippen molar-refractivity contribution in [2.45, 2.75) is 38.9 Å². The Bertz CT molecular complexity index is 942. The lowest BCUT2D eigenvalue weighted by Crippen LogP contribution is -2.45. The van der Waals surface area contributed by atoms with Gasteiger partial charge in [-0.05, 0) is 52.0 Å². The molecule has 0 aliphatic rings. The molecule has 0 heterocycles. The molecule has 0 unspecified atom stereocenters. The van der Waals surface area contributed by atoms with Gasteiger partial charge in [0.25, 0.3) is 0 Å². The highest BCUT2D eigenvalue weighted by molar-refractivity contribution is 5.88. The van der Waals surface area contributed by atoms with Gasteiger partial charge in [-0.3, -0.25) is 0 Å². The highest BCUT2D eigenvalue weighted by Crippen LogP contribution is 2.34. The minimum Gasteiger partial charge on any atom is -0.497 e. The fraction of sp³-hybridized carbons (Fsp3) is 0.462. The SMILES string of the molecule is COc1cc(OC)cc(C(C)(C)OC(=O)N(CCN)C(=O)OC(C)(C)c2cc(OC)cc(OC)c2)c1. The van der Waals surface area contributed by atoms with E-state index in [1.165, 1.54) is 28.4 Å². The third-order valence-corrected chi connectivity index (χ3v) is 5.57. The number of nitrogens with zero attached hydrogens (tertiary/aromatic N) is 1. The predicted molar refractivity (Wildman–Crippen MR) is 134 cm³/mol. The molecular weight excluding hydrogens is 468 g/mol. The molecule has 0 aromatic heterocycles. The van der Waals surface area contributed by atoms with E-state index in [9.17, 15) is 9.59 Å². The second kappa shape index (κ2) is 11.9. The maximum atomic E-state index is 13.1. The average molecular weight is 505 g/mol. The number of carbonyl (C=O) groups is 2. The lowest BCUT2D eigenvalue weighted by molar-refractivity contribution is -0.0120. The van der Waals surface area contributed by atoms with Crippen molar-refractivity contribution in [3.05, 3.63) is 47.5 Å². The first-order chi connectivity index (χ1) is 16.9. The summed E-state index contributed by atoms with van der Waals surface area (Å²) in [5.41, 5.74) is 4.63. The summed E-state index contributed by atoms with van der Waals surface area (Å²) >= 11 is 0. The van der Waals surface area contributed by atoms with Crippen molar-refractivity contribution in [3.63, 3.8) is 0 Å². The number of imide groups is 1. The van der Waals surface area contributed by atoms with Crippen LogP contribution in [0.1, 0.15) is 38.8 Å². The second-order valence-electron chi connectivity index (χ2n) is 8.90. The summed E-state index contributed by atoms with van der Waals surface area (Å²) in [6, 6.07) is 10.3. The Labute approximate surface area is 212 Å². The van der Waals surface area contributed by atoms with Crippen LogP contribution in [0.4, 0.5) is 9.59 Å². The third kappa shape index (κ3) is 6.94. The summed E-state index contributed by atoms with van der Waals surface area (Å²) in [4.78, 5) is 27.1. The summed E-state index contributed by atoms with van der Waals surface area (Å²) in [5, 5.41) is 0. The number of methoxy groups -OCH3 is 4. The summed E-state index contributed by atoms with van der Waals surface area (Å²) in [6.07, 6.45) is -1.81. The molecule has 10 nitrogen and oxygen atoms in total. The smallest absolute Gasteiger partial charge is 0.420 e. The lowest BCUT2D eigenvalue weighted by atomic mass is 9.97. The summed E-state index contributed by atoms with van der Waals surface area (Å²) < 4.78 is 32.7. The summed E-state index contributed by atoms with van der Waals surface area (Å²) in [7, 11) is 6.10. The largest absolute Gasteiger partial charge is 0.497 e. The van der Waals surface area contributed by atoms with E-state index in [-0.39, 0.29) is 13.1 Å². The van der Waals surface area contributed by atoms with Gasteiger partial charge in [0.05, 0.1) is 28.4 Å². The molecule has 2 aromatic rings. The highest BCUT2D eigenvalue weighted by atomic mass is 16.6. The maximum absolute atomic E-state index is 13.1. The van der Waals surface area contributed by atoms with Crippen molar-refractivity contribution >= 4 is 12.2 Å². The number of ether oxygens (including phenoxy) is 6. The third-order valence-electron chi connectivity index (χ3n) is 5.57. The van der Waals surface area contributed by atoms with E-state index >= 15 is 0 Å². The van der Waals surface area contributed by atoms with Crippen LogP contribution in [0.15, 0.2) is 36.4 Å². The number of hydrogen-bond donors (Lipinski definition) is 1. The van der Waals surface area contributed by atoms with Gasteiger partial charge in [-0.1, -0.05) is 0 Å². The van der Waals surface area contributed by atoms with Gasteiger partial charge in [-0.15, -0.1) is 0 Å². The molecule has 0 saturated heterocycles. The van der Waals surface area contributed by atoms with E-state index in [1.807, 2.05) is 0 Å². The quantitative estimate of drug-likeness (QED) is 0.501. The van der Waals surface area contributed by atoms with Crippen LogP contribution in [0.25, 0.3) is 0 Å². The van der Waals surface area contributed by atoms with Crippen LogP contribution in [0.2, 0.25) is 0 Å². The maximum Gasteiger partial charge on any atom is 0.420 e. The molecule has 2 amide bonds. The molecule has 2 rings (SSSR count). The highest BCUT2D eigenvalue weighted by Gasteiger charge is 2.35. The van der Waals surface area contributed by atoms with Crippen LogP contribution in [-0.4, -0.2) is 58.6 Å². The zero-order chi connectivity index (χ0) is 27.1. The Kier molecular flexibility index (Phi) is 9.41. The first-order valence-corrected chi connectivity index (χ1v) is 11.3. The number of hydrogen-bond acceptors (Lipinski definition) is 9. The molecule has 0 aliphatic carbocycles. The minimum absolute atomic E-state index is 0.0189. The molecule has 0 aliphatic heterocycles. The fourth-order valence-corrected chi connectivity index (χ4v) is 3.36. The molecule has 0 fully saturated rings. The molecule has 0 spiro atoms. The number of benzene rings is 2. The monoisotopic (exact) mass is 504 g/mol. The van der Waals surface area contributed by atoms with Crippen LogP contribution in [0.5, 0.6) is 23.0 Å². The first-order valence-electron chi connectivity index (χ1n) is 11.3. The number of carbonyl (C=O) groups excluding carboxylic acids is 2. The van der Waals surface area contributed by atoms with Gasteiger partial charge in [-0.2, -0.15) is 0 Å². The molecule has 2 N–H and O–H groups in total. The minimum atomic E-state index is -1.14. The summed E-state index contributed by atoms with van der Waals surface area (Å²) in [5.74, 6) is 2.12. The van der Waals surface area contributed by atoms with Gasteiger partial charge in [0.1, 0.15) is 34.2 Å². The normalized spacial score (nSPS) is 11.4. The van der Waals surface area contributed by atoms with Crippen LogP contribution >= 0.6 is 0 Å². The average Bonchev–Trinajstić information content (AvgIpc) is 2.85. The molecule has 198 valence electrons. The molecule has 36 heavy (non-hydrogen) atoms. The van der Waals surface area contributed by atoms with Gasteiger partial charge < -0.3 is 34.2 Å². The molecule has 0 saturated carbocycles. The first kappa shape index (κ1) is 28.6. The van der Waals surface area contributed by atoms with Crippen molar-refractivity contribution in [3.8, 4) is 23.0 Å². The second-order valence-corrected chi connectivity index (χ2v) is 8.90. The van der Waals surface area contributed by atoms with Crippen molar-refractivity contribution in [1.29, 1.82) is 0 Å².